The first-order chi connectivity index (χ1) is 4.63. The van der Waals surface area contributed by atoms with Crippen LogP contribution in [0.15, 0.2) is 11.0 Å². The SMILES string of the molecule is Nc1c(F)cnc(=O)n1S. The van der Waals surface area contributed by atoms with E-state index < -0.39 is 11.5 Å². The average molecular weight is 161 g/mol. The van der Waals surface area contributed by atoms with E-state index >= 15 is 0 Å². The average Bonchev–Trinajstić information content (AvgIpc) is 1.93. The Kier molecular flexibility index (Phi) is 1.62. The van der Waals surface area contributed by atoms with Crippen LogP contribution in [0.3, 0.4) is 0 Å². The number of hydrogen-bond acceptors (Lipinski definition) is 4. The molecule has 0 atom stereocenters. The van der Waals surface area contributed by atoms with Crippen molar-refractivity contribution in [2.24, 2.45) is 0 Å². The lowest BCUT2D eigenvalue weighted by Crippen LogP contribution is -2.19. The summed E-state index contributed by atoms with van der Waals surface area (Å²) >= 11 is 3.56. The van der Waals surface area contributed by atoms with Crippen LogP contribution in [0.4, 0.5) is 10.2 Å². The van der Waals surface area contributed by atoms with E-state index in [-0.39, 0.29) is 5.82 Å². The van der Waals surface area contributed by atoms with Gasteiger partial charge < -0.3 is 5.73 Å². The molecule has 0 saturated heterocycles. The summed E-state index contributed by atoms with van der Waals surface area (Å²) < 4.78 is 13.0. The molecule has 0 unspecified atom stereocenters. The van der Waals surface area contributed by atoms with E-state index in [4.69, 9.17) is 5.73 Å². The fraction of sp³-hybridized carbons (Fsp3) is 0. The smallest absolute Gasteiger partial charge is 0.359 e. The molecular weight excluding hydrogens is 157 g/mol. The van der Waals surface area contributed by atoms with E-state index in [0.717, 1.165) is 6.20 Å². The maximum atomic E-state index is 12.4. The van der Waals surface area contributed by atoms with Gasteiger partial charge in [-0.25, -0.2) is 13.2 Å². The molecule has 0 saturated carbocycles. The Morgan fingerprint density at radius 2 is 2.40 bits per heavy atom. The first kappa shape index (κ1) is 7.07. The highest BCUT2D eigenvalue weighted by Crippen LogP contribution is 2.03. The van der Waals surface area contributed by atoms with Crippen LogP contribution in [0, 0.1) is 5.82 Å². The fourth-order valence-electron chi connectivity index (χ4n) is 0.437. The van der Waals surface area contributed by atoms with Gasteiger partial charge in [-0.15, -0.1) is 0 Å². The molecule has 4 nitrogen and oxygen atoms in total. The van der Waals surface area contributed by atoms with Gasteiger partial charge in [-0.1, -0.05) is 12.8 Å². The summed E-state index contributed by atoms with van der Waals surface area (Å²) in [7, 11) is 0. The van der Waals surface area contributed by atoms with E-state index in [1.807, 2.05) is 0 Å². The van der Waals surface area contributed by atoms with Crippen molar-refractivity contribution in [3.63, 3.8) is 0 Å². The summed E-state index contributed by atoms with van der Waals surface area (Å²) in [4.78, 5) is 13.6. The summed E-state index contributed by atoms with van der Waals surface area (Å²) in [6.07, 6.45) is 0.754. The molecule has 6 heteroatoms. The van der Waals surface area contributed by atoms with Crippen LogP contribution in [0.2, 0.25) is 0 Å². The largest absolute Gasteiger partial charge is 0.382 e. The van der Waals surface area contributed by atoms with Gasteiger partial charge in [0.05, 0.1) is 6.20 Å². The minimum absolute atomic E-state index is 0.330. The second kappa shape index (κ2) is 2.30. The lowest BCUT2D eigenvalue weighted by molar-refractivity contribution is 0.614. The Morgan fingerprint density at radius 3 is 2.90 bits per heavy atom. The van der Waals surface area contributed by atoms with Crippen molar-refractivity contribution in [2.45, 2.75) is 0 Å². The van der Waals surface area contributed by atoms with E-state index in [2.05, 4.69) is 17.8 Å². The normalized spacial score (nSPS) is 9.80. The van der Waals surface area contributed by atoms with Crippen LogP contribution in [-0.2, 0) is 0 Å². The fourth-order valence-corrected chi connectivity index (χ4v) is 0.584. The van der Waals surface area contributed by atoms with Gasteiger partial charge in [0.2, 0.25) is 0 Å². The number of rotatable bonds is 0. The molecule has 1 aromatic heterocycles. The van der Waals surface area contributed by atoms with Crippen molar-refractivity contribution in [1.82, 2.24) is 8.96 Å². The first-order valence-corrected chi connectivity index (χ1v) is 2.75. The highest BCUT2D eigenvalue weighted by molar-refractivity contribution is 7.78. The van der Waals surface area contributed by atoms with Gasteiger partial charge in [0.1, 0.15) is 0 Å². The van der Waals surface area contributed by atoms with Gasteiger partial charge in [0, 0.05) is 0 Å². The molecule has 0 spiro atoms. The number of thiol groups is 1. The standard InChI is InChI=1S/C4H4FN3OS/c5-2-1-7-4(9)8(10)3(2)6/h1,10H,6H2. The first-order valence-electron chi connectivity index (χ1n) is 2.35. The molecule has 0 amide bonds. The molecule has 1 rings (SSSR count). The van der Waals surface area contributed by atoms with E-state index in [1.54, 1.807) is 0 Å². The Morgan fingerprint density at radius 1 is 1.80 bits per heavy atom. The van der Waals surface area contributed by atoms with Crippen LogP contribution in [-0.4, -0.2) is 8.96 Å². The Hall–Kier alpha value is -1.04. The Labute approximate surface area is 61.0 Å². The summed E-state index contributed by atoms with van der Waals surface area (Å²) in [5.41, 5.74) is 4.36. The number of aromatic nitrogens is 2. The van der Waals surface area contributed by atoms with E-state index in [9.17, 15) is 9.18 Å². The molecule has 0 bridgehead atoms. The van der Waals surface area contributed by atoms with Gasteiger partial charge in [0.15, 0.2) is 11.6 Å². The zero-order valence-corrected chi connectivity index (χ0v) is 5.68. The summed E-state index contributed by atoms with van der Waals surface area (Å²) in [6, 6.07) is 0. The van der Waals surface area contributed by atoms with Crippen molar-refractivity contribution in [3.8, 4) is 0 Å². The van der Waals surface area contributed by atoms with Crippen LogP contribution in [0.25, 0.3) is 0 Å². The second-order valence-corrected chi connectivity index (χ2v) is 1.99. The highest BCUT2D eigenvalue weighted by Gasteiger charge is 2.02. The zero-order chi connectivity index (χ0) is 7.72. The predicted molar refractivity (Wildman–Crippen MR) is 37.3 cm³/mol. The third kappa shape index (κ3) is 0.971. The molecule has 0 aliphatic heterocycles. The Balaban J connectivity index is 3.49. The molecule has 1 heterocycles. The summed E-state index contributed by atoms with van der Waals surface area (Å²) in [5, 5.41) is 0. The Bertz CT molecular complexity index is 310. The molecule has 0 fully saturated rings. The molecule has 2 N–H and O–H groups in total. The van der Waals surface area contributed by atoms with E-state index in [1.165, 1.54) is 0 Å². The number of hydrogen-bond donors (Lipinski definition) is 2. The lowest BCUT2D eigenvalue weighted by Gasteiger charge is -1.98. The summed E-state index contributed by atoms with van der Waals surface area (Å²) in [6.45, 7) is 0. The lowest BCUT2D eigenvalue weighted by atomic mass is 10.6. The third-order valence-corrected chi connectivity index (χ3v) is 1.33. The van der Waals surface area contributed by atoms with Crippen molar-refractivity contribution in [2.75, 3.05) is 5.73 Å². The van der Waals surface area contributed by atoms with Crippen molar-refractivity contribution < 1.29 is 4.39 Å². The number of nitrogen functional groups attached to an aromatic ring is 1. The maximum Gasteiger partial charge on any atom is 0.359 e. The van der Waals surface area contributed by atoms with E-state index in [0.29, 0.717) is 3.97 Å². The van der Waals surface area contributed by atoms with Crippen molar-refractivity contribution in [1.29, 1.82) is 0 Å². The molecule has 0 radical (unpaired) electrons. The molecule has 0 aliphatic carbocycles. The molecule has 1 aromatic rings. The highest BCUT2D eigenvalue weighted by atomic mass is 32.1. The van der Waals surface area contributed by atoms with Crippen LogP contribution in [0.1, 0.15) is 0 Å². The van der Waals surface area contributed by atoms with Gasteiger partial charge in [0.25, 0.3) is 0 Å². The molecule has 54 valence electrons. The van der Waals surface area contributed by atoms with Gasteiger partial charge in [-0.3, -0.25) is 0 Å². The van der Waals surface area contributed by atoms with Crippen LogP contribution >= 0.6 is 12.8 Å². The van der Waals surface area contributed by atoms with Crippen LogP contribution in [0.5, 0.6) is 0 Å². The van der Waals surface area contributed by atoms with Crippen molar-refractivity contribution in [3.05, 3.63) is 22.5 Å². The quantitative estimate of drug-likeness (QED) is 0.511. The number of halogens is 1. The maximum absolute atomic E-state index is 12.4. The molecular formula is C4H4FN3OS. The molecule has 0 aliphatic rings. The van der Waals surface area contributed by atoms with Gasteiger partial charge in [-0.2, -0.15) is 4.98 Å². The minimum Gasteiger partial charge on any atom is -0.382 e. The second-order valence-electron chi connectivity index (χ2n) is 1.59. The van der Waals surface area contributed by atoms with Crippen molar-refractivity contribution >= 4 is 18.6 Å². The zero-order valence-electron chi connectivity index (χ0n) is 4.78. The third-order valence-electron chi connectivity index (χ3n) is 0.942. The number of nitrogens with zero attached hydrogens (tertiary/aromatic N) is 2. The molecule has 10 heavy (non-hydrogen) atoms. The molecule has 0 aromatic carbocycles. The topological polar surface area (TPSA) is 60.9 Å². The minimum atomic E-state index is -0.755. The van der Waals surface area contributed by atoms with Gasteiger partial charge in [-0.05, 0) is 0 Å². The summed E-state index contributed by atoms with van der Waals surface area (Å²) in [5.74, 6) is -1.09. The monoisotopic (exact) mass is 161 g/mol. The number of nitrogens with two attached hydrogens (primary N) is 1. The van der Waals surface area contributed by atoms with Gasteiger partial charge >= 0.3 is 5.69 Å². The predicted octanol–water partition coefficient (Wildman–Crippen LogP) is -0.342. The van der Waals surface area contributed by atoms with Crippen LogP contribution < -0.4 is 11.4 Å². The number of anilines is 1.